The van der Waals surface area contributed by atoms with E-state index in [1.807, 2.05) is 44.2 Å². The van der Waals surface area contributed by atoms with Crippen molar-refractivity contribution in [3.63, 3.8) is 0 Å². The SMILES string of the molecule is CCCS(=O)(=O)N(CC)c1ccccc1.[Na]. The molecule has 0 bridgehead atoms. The summed E-state index contributed by atoms with van der Waals surface area (Å²) in [5, 5.41) is 0. The third kappa shape index (κ3) is 4.09. The summed E-state index contributed by atoms with van der Waals surface area (Å²) in [6.45, 7) is 4.20. The predicted octanol–water partition coefficient (Wildman–Crippen LogP) is 1.87. The van der Waals surface area contributed by atoms with Crippen LogP contribution in [-0.4, -0.2) is 50.3 Å². The van der Waals surface area contributed by atoms with E-state index in [0.29, 0.717) is 13.0 Å². The van der Waals surface area contributed by atoms with Crippen molar-refractivity contribution in [2.75, 3.05) is 16.6 Å². The Morgan fingerprint density at radius 2 is 1.69 bits per heavy atom. The summed E-state index contributed by atoms with van der Waals surface area (Å²) in [6.07, 6.45) is 0.645. The van der Waals surface area contributed by atoms with E-state index >= 15 is 0 Å². The number of hydrogen-bond acceptors (Lipinski definition) is 2. The van der Waals surface area contributed by atoms with Gasteiger partial charge in [0.15, 0.2) is 0 Å². The van der Waals surface area contributed by atoms with Gasteiger partial charge in [0.05, 0.1) is 11.4 Å². The third-order valence-corrected chi connectivity index (χ3v) is 4.19. The van der Waals surface area contributed by atoms with Crippen molar-refractivity contribution < 1.29 is 8.42 Å². The van der Waals surface area contributed by atoms with Crippen molar-refractivity contribution in [2.45, 2.75) is 20.3 Å². The molecule has 16 heavy (non-hydrogen) atoms. The maximum Gasteiger partial charge on any atom is 0.235 e. The summed E-state index contributed by atoms with van der Waals surface area (Å²) >= 11 is 0. The number of benzene rings is 1. The second-order valence-electron chi connectivity index (χ2n) is 3.32. The van der Waals surface area contributed by atoms with Gasteiger partial charge < -0.3 is 0 Å². The molecule has 1 radical (unpaired) electrons. The summed E-state index contributed by atoms with van der Waals surface area (Å²) in [5.74, 6) is 0.204. The van der Waals surface area contributed by atoms with E-state index in [0.717, 1.165) is 5.69 Å². The van der Waals surface area contributed by atoms with Gasteiger partial charge in [-0.3, -0.25) is 4.31 Å². The first-order valence-electron chi connectivity index (χ1n) is 5.17. The first kappa shape index (κ1) is 16.0. The number of sulfonamides is 1. The summed E-state index contributed by atoms with van der Waals surface area (Å²) in [5.41, 5.74) is 0.744. The van der Waals surface area contributed by atoms with Gasteiger partial charge in [0.2, 0.25) is 10.0 Å². The molecule has 0 spiro atoms. The van der Waals surface area contributed by atoms with E-state index < -0.39 is 10.0 Å². The molecule has 3 nitrogen and oxygen atoms in total. The zero-order chi connectivity index (χ0) is 11.3. The number of rotatable bonds is 5. The van der Waals surface area contributed by atoms with Crippen molar-refractivity contribution in [2.24, 2.45) is 0 Å². The molecule has 1 aromatic rings. The average Bonchev–Trinajstić information content (AvgIpc) is 2.19. The second kappa shape index (κ2) is 7.33. The molecule has 5 heteroatoms. The van der Waals surface area contributed by atoms with Gasteiger partial charge in [-0.2, -0.15) is 0 Å². The quantitative estimate of drug-likeness (QED) is 0.748. The fourth-order valence-electron chi connectivity index (χ4n) is 1.50. The molecule has 1 aromatic carbocycles. The summed E-state index contributed by atoms with van der Waals surface area (Å²) < 4.78 is 25.2. The Morgan fingerprint density at radius 1 is 1.12 bits per heavy atom. The van der Waals surface area contributed by atoms with Gasteiger partial charge in [-0.1, -0.05) is 25.1 Å². The van der Waals surface area contributed by atoms with Crippen LogP contribution in [0.4, 0.5) is 5.69 Å². The van der Waals surface area contributed by atoms with Crippen molar-refractivity contribution in [1.29, 1.82) is 0 Å². The molecule has 85 valence electrons. The molecule has 0 saturated heterocycles. The van der Waals surface area contributed by atoms with E-state index in [1.165, 1.54) is 4.31 Å². The topological polar surface area (TPSA) is 37.4 Å². The third-order valence-electron chi connectivity index (χ3n) is 2.13. The van der Waals surface area contributed by atoms with Crippen LogP contribution < -0.4 is 4.31 Å². The van der Waals surface area contributed by atoms with Gasteiger partial charge in [0.25, 0.3) is 0 Å². The van der Waals surface area contributed by atoms with Gasteiger partial charge in [-0.05, 0) is 25.5 Å². The van der Waals surface area contributed by atoms with Crippen molar-refractivity contribution in [1.82, 2.24) is 0 Å². The molecule has 1 rings (SSSR count). The number of anilines is 1. The van der Waals surface area contributed by atoms with Crippen LogP contribution in [0.15, 0.2) is 30.3 Å². The summed E-state index contributed by atoms with van der Waals surface area (Å²) in [4.78, 5) is 0. The molecule has 0 aliphatic heterocycles. The van der Waals surface area contributed by atoms with E-state index in [-0.39, 0.29) is 35.3 Å². The van der Waals surface area contributed by atoms with Crippen molar-refractivity contribution in [3.8, 4) is 0 Å². The van der Waals surface area contributed by atoms with Crippen LogP contribution in [0, 0.1) is 0 Å². The van der Waals surface area contributed by atoms with Crippen molar-refractivity contribution >= 4 is 45.3 Å². The summed E-state index contributed by atoms with van der Waals surface area (Å²) in [7, 11) is -3.14. The number of nitrogens with zero attached hydrogens (tertiary/aromatic N) is 1. The Kier molecular flexibility index (Phi) is 7.31. The van der Waals surface area contributed by atoms with Gasteiger partial charge in [0, 0.05) is 36.1 Å². The van der Waals surface area contributed by atoms with E-state index in [1.54, 1.807) is 0 Å². The fourth-order valence-corrected chi connectivity index (χ4v) is 3.07. The molecular weight excluding hydrogens is 233 g/mol. The Hall–Kier alpha value is -0.0300. The minimum atomic E-state index is -3.14. The maximum atomic E-state index is 11.9. The van der Waals surface area contributed by atoms with E-state index in [9.17, 15) is 8.42 Å². The largest absolute Gasteiger partial charge is 0.271 e. The van der Waals surface area contributed by atoms with Crippen LogP contribution in [-0.2, 0) is 10.0 Å². The monoisotopic (exact) mass is 250 g/mol. The van der Waals surface area contributed by atoms with Gasteiger partial charge >= 0.3 is 0 Å². The van der Waals surface area contributed by atoms with Crippen LogP contribution in [0.3, 0.4) is 0 Å². The molecule has 0 aliphatic carbocycles. The second-order valence-corrected chi connectivity index (χ2v) is 5.33. The molecule has 0 amide bonds. The minimum absolute atomic E-state index is 0. The van der Waals surface area contributed by atoms with Gasteiger partial charge in [-0.25, -0.2) is 8.42 Å². The first-order chi connectivity index (χ1) is 7.11. The molecule has 0 heterocycles. The van der Waals surface area contributed by atoms with Crippen molar-refractivity contribution in [3.05, 3.63) is 30.3 Å². The summed E-state index contributed by atoms with van der Waals surface area (Å²) in [6, 6.07) is 9.20. The van der Waals surface area contributed by atoms with E-state index in [2.05, 4.69) is 0 Å². The molecule has 0 unspecified atom stereocenters. The van der Waals surface area contributed by atoms with Crippen LogP contribution >= 0.6 is 0 Å². The molecule has 0 saturated carbocycles. The molecule has 0 aromatic heterocycles. The number of para-hydroxylation sites is 1. The Labute approximate surface area is 120 Å². The molecular formula is C11H17NNaO2S. The molecule has 0 atom stereocenters. The normalized spacial score (nSPS) is 10.6. The maximum absolute atomic E-state index is 11.9. The Bertz CT molecular complexity index is 392. The zero-order valence-corrected chi connectivity index (χ0v) is 13.0. The van der Waals surface area contributed by atoms with Gasteiger partial charge in [-0.15, -0.1) is 0 Å². The smallest absolute Gasteiger partial charge is 0.235 e. The standard InChI is InChI=1S/C11H17NO2S.Na/c1-3-10-15(13,14)12(4-2)11-8-6-5-7-9-11;/h5-9H,3-4,10H2,1-2H3;. The minimum Gasteiger partial charge on any atom is -0.271 e. The fraction of sp³-hybridized carbons (Fsp3) is 0.455. The molecule has 0 N–H and O–H groups in total. The van der Waals surface area contributed by atoms with Crippen LogP contribution in [0.2, 0.25) is 0 Å². The molecule has 0 fully saturated rings. The predicted molar refractivity (Wildman–Crippen MR) is 69.3 cm³/mol. The number of hydrogen-bond donors (Lipinski definition) is 0. The Morgan fingerprint density at radius 3 is 2.12 bits per heavy atom. The van der Waals surface area contributed by atoms with Crippen LogP contribution in [0.5, 0.6) is 0 Å². The zero-order valence-electron chi connectivity index (χ0n) is 10.2. The van der Waals surface area contributed by atoms with Crippen LogP contribution in [0.25, 0.3) is 0 Å². The van der Waals surface area contributed by atoms with E-state index in [4.69, 9.17) is 0 Å². The Balaban J connectivity index is 0.00000225. The van der Waals surface area contributed by atoms with Gasteiger partial charge in [0.1, 0.15) is 0 Å². The average molecular weight is 250 g/mol. The first-order valence-corrected chi connectivity index (χ1v) is 6.78. The van der Waals surface area contributed by atoms with Crippen LogP contribution in [0.1, 0.15) is 20.3 Å². The molecule has 0 aliphatic rings.